The molecular weight excluding hydrogens is 214 g/mol. The van der Waals surface area contributed by atoms with Crippen LogP contribution in [0.2, 0.25) is 5.02 Å². The van der Waals surface area contributed by atoms with Gasteiger partial charge >= 0.3 is 0 Å². The van der Waals surface area contributed by atoms with Crippen molar-refractivity contribution < 1.29 is 9.63 Å². The van der Waals surface area contributed by atoms with Gasteiger partial charge < -0.3 is 9.63 Å². The number of rotatable bonds is 2. The Kier molecular flexibility index (Phi) is 2.75. The second-order valence-corrected chi connectivity index (χ2v) is 3.69. The number of benzene rings is 1. The third-order valence-corrected chi connectivity index (χ3v) is 2.49. The molecule has 0 fully saturated rings. The van der Waals surface area contributed by atoms with Crippen molar-refractivity contribution in [1.29, 1.82) is 0 Å². The van der Waals surface area contributed by atoms with Crippen molar-refractivity contribution in [1.82, 2.24) is 5.16 Å². The molecule has 0 aliphatic carbocycles. The standard InChI is InChI=1S/C11H10ClNO2/c1-7-10(6-14)13-15-11(7)8-3-2-4-9(12)5-8/h2-5,14H,6H2,1H3. The molecule has 1 heterocycles. The van der Waals surface area contributed by atoms with Crippen molar-refractivity contribution in [3.8, 4) is 11.3 Å². The molecule has 0 radical (unpaired) electrons. The fourth-order valence-corrected chi connectivity index (χ4v) is 1.61. The van der Waals surface area contributed by atoms with Gasteiger partial charge in [-0.1, -0.05) is 28.9 Å². The maximum absolute atomic E-state index is 8.98. The van der Waals surface area contributed by atoms with Gasteiger partial charge in [0.15, 0.2) is 5.76 Å². The summed E-state index contributed by atoms with van der Waals surface area (Å²) >= 11 is 5.88. The molecular formula is C11H10ClNO2. The fourth-order valence-electron chi connectivity index (χ4n) is 1.42. The molecule has 2 rings (SSSR count). The van der Waals surface area contributed by atoms with Crippen LogP contribution in [0.1, 0.15) is 11.3 Å². The van der Waals surface area contributed by atoms with Crippen molar-refractivity contribution in [3.05, 3.63) is 40.5 Å². The van der Waals surface area contributed by atoms with E-state index >= 15 is 0 Å². The number of aromatic nitrogens is 1. The van der Waals surface area contributed by atoms with Crippen LogP contribution >= 0.6 is 11.6 Å². The Hall–Kier alpha value is -1.32. The predicted molar refractivity (Wildman–Crippen MR) is 57.6 cm³/mol. The van der Waals surface area contributed by atoms with Crippen LogP contribution in [-0.2, 0) is 6.61 Å². The largest absolute Gasteiger partial charge is 0.390 e. The average Bonchev–Trinajstić information content (AvgIpc) is 2.59. The summed E-state index contributed by atoms with van der Waals surface area (Å²) in [6.45, 7) is 1.74. The first-order valence-electron chi connectivity index (χ1n) is 4.54. The molecule has 4 heteroatoms. The highest BCUT2D eigenvalue weighted by atomic mass is 35.5. The summed E-state index contributed by atoms with van der Waals surface area (Å²) in [4.78, 5) is 0. The Bertz CT molecular complexity index is 479. The molecule has 3 nitrogen and oxygen atoms in total. The molecule has 0 aliphatic rings. The van der Waals surface area contributed by atoms with Crippen LogP contribution in [0, 0.1) is 6.92 Å². The van der Waals surface area contributed by atoms with Gasteiger partial charge in [0.2, 0.25) is 0 Å². The number of hydrogen-bond donors (Lipinski definition) is 1. The van der Waals surface area contributed by atoms with Crippen LogP contribution in [0.4, 0.5) is 0 Å². The first-order valence-corrected chi connectivity index (χ1v) is 4.92. The van der Waals surface area contributed by atoms with Gasteiger partial charge in [-0.15, -0.1) is 0 Å². The van der Waals surface area contributed by atoms with Crippen LogP contribution in [0.5, 0.6) is 0 Å². The second-order valence-electron chi connectivity index (χ2n) is 3.25. The van der Waals surface area contributed by atoms with Crippen molar-refractivity contribution in [2.45, 2.75) is 13.5 Å². The molecule has 1 aromatic carbocycles. The van der Waals surface area contributed by atoms with E-state index in [0.717, 1.165) is 11.1 Å². The van der Waals surface area contributed by atoms with E-state index in [1.54, 1.807) is 12.1 Å². The first-order chi connectivity index (χ1) is 7.22. The zero-order valence-corrected chi connectivity index (χ0v) is 8.95. The molecule has 1 aromatic heterocycles. The van der Waals surface area contributed by atoms with E-state index in [1.807, 2.05) is 19.1 Å². The van der Waals surface area contributed by atoms with E-state index in [1.165, 1.54) is 0 Å². The van der Waals surface area contributed by atoms with E-state index < -0.39 is 0 Å². The third kappa shape index (κ3) is 1.89. The Balaban J connectivity index is 2.49. The molecule has 2 aromatic rings. The lowest BCUT2D eigenvalue weighted by atomic mass is 10.1. The first kappa shape index (κ1) is 10.2. The minimum Gasteiger partial charge on any atom is -0.390 e. The fraction of sp³-hybridized carbons (Fsp3) is 0.182. The van der Waals surface area contributed by atoms with Gasteiger partial charge in [-0.2, -0.15) is 0 Å². The molecule has 0 saturated carbocycles. The highest BCUT2D eigenvalue weighted by Gasteiger charge is 2.12. The summed E-state index contributed by atoms with van der Waals surface area (Å²) in [5, 5.41) is 13.4. The Morgan fingerprint density at radius 1 is 1.47 bits per heavy atom. The summed E-state index contributed by atoms with van der Waals surface area (Å²) in [7, 11) is 0. The summed E-state index contributed by atoms with van der Waals surface area (Å²) < 4.78 is 5.16. The van der Waals surface area contributed by atoms with E-state index in [4.69, 9.17) is 21.2 Å². The minimum absolute atomic E-state index is 0.115. The van der Waals surface area contributed by atoms with Crippen molar-refractivity contribution >= 4 is 11.6 Å². The number of nitrogens with zero attached hydrogens (tertiary/aromatic N) is 1. The average molecular weight is 224 g/mol. The lowest BCUT2D eigenvalue weighted by molar-refractivity contribution is 0.266. The smallest absolute Gasteiger partial charge is 0.170 e. The van der Waals surface area contributed by atoms with E-state index in [9.17, 15) is 0 Å². The quantitative estimate of drug-likeness (QED) is 0.852. The van der Waals surface area contributed by atoms with Crippen LogP contribution in [0.25, 0.3) is 11.3 Å². The molecule has 0 atom stereocenters. The lowest BCUT2D eigenvalue weighted by Gasteiger charge is -1.97. The summed E-state index contributed by atoms with van der Waals surface area (Å²) in [6.07, 6.45) is 0. The van der Waals surface area contributed by atoms with Crippen LogP contribution in [-0.4, -0.2) is 10.3 Å². The van der Waals surface area contributed by atoms with Gasteiger partial charge in [0.1, 0.15) is 5.69 Å². The van der Waals surface area contributed by atoms with Gasteiger partial charge in [0.25, 0.3) is 0 Å². The summed E-state index contributed by atoms with van der Waals surface area (Å²) in [6, 6.07) is 7.33. The molecule has 15 heavy (non-hydrogen) atoms. The molecule has 0 unspecified atom stereocenters. The monoisotopic (exact) mass is 223 g/mol. The Morgan fingerprint density at radius 2 is 2.27 bits per heavy atom. The number of halogens is 1. The zero-order chi connectivity index (χ0) is 10.8. The van der Waals surface area contributed by atoms with E-state index in [-0.39, 0.29) is 6.61 Å². The molecule has 1 N–H and O–H groups in total. The van der Waals surface area contributed by atoms with Crippen molar-refractivity contribution in [3.63, 3.8) is 0 Å². The predicted octanol–water partition coefficient (Wildman–Crippen LogP) is 2.80. The van der Waals surface area contributed by atoms with Crippen LogP contribution in [0.15, 0.2) is 28.8 Å². The number of hydrogen-bond acceptors (Lipinski definition) is 3. The SMILES string of the molecule is Cc1c(CO)noc1-c1cccc(Cl)c1. The maximum atomic E-state index is 8.98. The maximum Gasteiger partial charge on any atom is 0.170 e. The molecule has 78 valence electrons. The second kappa shape index (κ2) is 4.04. The molecule has 0 amide bonds. The van der Waals surface area contributed by atoms with Crippen molar-refractivity contribution in [2.75, 3.05) is 0 Å². The van der Waals surface area contributed by atoms with Crippen LogP contribution < -0.4 is 0 Å². The summed E-state index contributed by atoms with van der Waals surface area (Å²) in [5.74, 6) is 0.654. The third-order valence-electron chi connectivity index (χ3n) is 2.26. The van der Waals surface area contributed by atoms with Gasteiger partial charge in [-0.05, 0) is 19.1 Å². The summed E-state index contributed by atoms with van der Waals surface area (Å²) in [5.41, 5.74) is 2.27. The minimum atomic E-state index is -0.115. The van der Waals surface area contributed by atoms with Crippen LogP contribution in [0.3, 0.4) is 0 Å². The Morgan fingerprint density at radius 3 is 2.87 bits per heavy atom. The van der Waals surface area contributed by atoms with Crippen molar-refractivity contribution in [2.24, 2.45) is 0 Å². The van der Waals surface area contributed by atoms with Gasteiger partial charge in [-0.3, -0.25) is 0 Å². The number of aliphatic hydroxyl groups excluding tert-OH is 1. The van der Waals surface area contributed by atoms with Gasteiger partial charge in [-0.25, -0.2) is 0 Å². The lowest BCUT2D eigenvalue weighted by Crippen LogP contribution is -1.85. The highest BCUT2D eigenvalue weighted by molar-refractivity contribution is 6.30. The zero-order valence-electron chi connectivity index (χ0n) is 8.20. The molecule has 0 saturated heterocycles. The molecule has 0 aliphatic heterocycles. The normalized spacial score (nSPS) is 10.6. The highest BCUT2D eigenvalue weighted by Crippen LogP contribution is 2.27. The number of aliphatic hydroxyl groups is 1. The van der Waals surface area contributed by atoms with Gasteiger partial charge in [0.05, 0.1) is 6.61 Å². The molecule has 0 spiro atoms. The molecule has 0 bridgehead atoms. The topological polar surface area (TPSA) is 46.3 Å². The Labute approximate surface area is 92.3 Å². The van der Waals surface area contributed by atoms with E-state index in [0.29, 0.717) is 16.5 Å². The van der Waals surface area contributed by atoms with E-state index in [2.05, 4.69) is 5.16 Å². The van der Waals surface area contributed by atoms with Gasteiger partial charge in [0, 0.05) is 16.1 Å².